The van der Waals surface area contributed by atoms with Crippen LogP contribution in [0.1, 0.15) is 45.4 Å². The van der Waals surface area contributed by atoms with Gasteiger partial charge in [-0.1, -0.05) is 63.3 Å². The standard InChI is InChI=1S/C21H26N2O/c1-2-3-4-5-6-11-16-24-21-15-10-9-14-20(21)23-17-22-18-12-7-8-13-19(18)23/h7-10,12-15,17H,2-6,11,16H2,1H3. The molecule has 0 aliphatic heterocycles. The zero-order valence-electron chi connectivity index (χ0n) is 14.4. The van der Waals surface area contributed by atoms with E-state index in [0.29, 0.717) is 0 Å². The fraction of sp³-hybridized carbons (Fsp3) is 0.381. The zero-order chi connectivity index (χ0) is 16.6. The van der Waals surface area contributed by atoms with Crippen LogP contribution in [-0.2, 0) is 0 Å². The number of ether oxygens (including phenoxy) is 1. The normalized spacial score (nSPS) is 11.0. The highest BCUT2D eigenvalue weighted by Crippen LogP contribution is 2.26. The Labute approximate surface area is 144 Å². The maximum atomic E-state index is 6.07. The van der Waals surface area contributed by atoms with E-state index in [2.05, 4.69) is 28.6 Å². The minimum atomic E-state index is 0.774. The minimum Gasteiger partial charge on any atom is -0.491 e. The van der Waals surface area contributed by atoms with Gasteiger partial charge in [-0.15, -0.1) is 0 Å². The number of imidazole rings is 1. The third-order valence-electron chi connectivity index (χ3n) is 4.33. The smallest absolute Gasteiger partial charge is 0.143 e. The Balaban J connectivity index is 1.65. The average molecular weight is 322 g/mol. The second kappa shape index (κ2) is 8.53. The van der Waals surface area contributed by atoms with Crippen LogP contribution in [0.25, 0.3) is 16.7 Å². The van der Waals surface area contributed by atoms with E-state index >= 15 is 0 Å². The SMILES string of the molecule is CCCCCCCCOc1ccccc1-n1cnc2ccccc21. The first-order valence-corrected chi connectivity index (χ1v) is 9.04. The first-order chi connectivity index (χ1) is 11.9. The van der Waals surface area contributed by atoms with E-state index in [4.69, 9.17) is 4.74 Å². The second-order valence-corrected chi connectivity index (χ2v) is 6.19. The average Bonchev–Trinajstić information content (AvgIpc) is 3.05. The largest absolute Gasteiger partial charge is 0.491 e. The Bertz CT molecular complexity index is 763. The van der Waals surface area contributed by atoms with Gasteiger partial charge in [0.25, 0.3) is 0 Å². The van der Waals surface area contributed by atoms with Crippen LogP contribution in [0.5, 0.6) is 5.75 Å². The van der Waals surface area contributed by atoms with Gasteiger partial charge in [0, 0.05) is 0 Å². The number of rotatable bonds is 9. The molecule has 0 atom stereocenters. The van der Waals surface area contributed by atoms with Crippen molar-refractivity contribution in [3.8, 4) is 11.4 Å². The molecule has 3 heteroatoms. The molecule has 3 rings (SSSR count). The van der Waals surface area contributed by atoms with Crippen LogP contribution in [0.2, 0.25) is 0 Å². The molecule has 2 aromatic carbocycles. The molecule has 0 saturated carbocycles. The van der Waals surface area contributed by atoms with Gasteiger partial charge in [-0.05, 0) is 30.7 Å². The number of hydrogen-bond acceptors (Lipinski definition) is 2. The second-order valence-electron chi connectivity index (χ2n) is 6.19. The summed E-state index contributed by atoms with van der Waals surface area (Å²) in [4.78, 5) is 4.48. The molecule has 1 aromatic heterocycles. The Morgan fingerprint density at radius 2 is 1.62 bits per heavy atom. The van der Waals surface area contributed by atoms with Crippen molar-refractivity contribution in [3.05, 3.63) is 54.9 Å². The summed E-state index contributed by atoms with van der Waals surface area (Å²) in [6.07, 6.45) is 9.52. The zero-order valence-corrected chi connectivity index (χ0v) is 14.4. The molecule has 1 heterocycles. The van der Waals surface area contributed by atoms with Crippen LogP contribution < -0.4 is 4.74 Å². The van der Waals surface area contributed by atoms with Crippen molar-refractivity contribution >= 4 is 11.0 Å². The molecule has 24 heavy (non-hydrogen) atoms. The summed E-state index contributed by atoms with van der Waals surface area (Å²) < 4.78 is 8.17. The van der Waals surface area contributed by atoms with E-state index in [0.717, 1.165) is 35.5 Å². The number of para-hydroxylation sites is 4. The molecule has 0 N–H and O–H groups in total. The number of unbranched alkanes of at least 4 members (excludes halogenated alkanes) is 5. The molecule has 0 saturated heterocycles. The molecule has 3 nitrogen and oxygen atoms in total. The molecule has 0 fully saturated rings. The van der Waals surface area contributed by atoms with Crippen molar-refractivity contribution in [2.24, 2.45) is 0 Å². The molecule has 0 amide bonds. The van der Waals surface area contributed by atoms with E-state index in [1.165, 1.54) is 32.1 Å². The third-order valence-corrected chi connectivity index (χ3v) is 4.33. The highest BCUT2D eigenvalue weighted by Gasteiger charge is 2.09. The van der Waals surface area contributed by atoms with Gasteiger partial charge in [-0.2, -0.15) is 0 Å². The van der Waals surface area contributed by atoms with Crippen molar-refractivity contribution in [3.63, 3.8) is 0 Å². The van der Waals surface area contributed by atoms with Gasteiger partial charge in [0.1, 0.15) is 12.1 Å². The van der Waals surface area contributed by atoms with Crippen LogP contribution in [0.3, 0.4) is 0 Å². The Morgan fingerprint density at radius 1 is 0.875 bits per heavy atom. The lowest BCUT2D eigenvalue weighted by Crippen LogP contribution is -2.02. The van der Waals surface area contributed by atoms with Crippen molar-refractivity contribution in [1.29, 1.82) is 0 Å². The van der Waals surface area contributed by atoms with E-state index in [9.17, 15) is 0 Å². The van der Waals surface area contributed by atoms with Gasteiger partial charge in [0.2, 0.25) is 0 Å². The molecule has 0 bridgehead atoms. The number of benzene rings is 2. The van der Waals surface area contributed by atoms with Gasteiger partial charge in [-0.25, -0.2) is 4.98 Å². The lowest BCUT2D eigenvalue weighted by Gasteiger charge is -2.12. The van der Waals surface area contributed by atoms with Gasteiger partial charge < -0.3 is 4.74 Å². The molecule has 0 aliphatic rings. The molecule has 0 radical (unpaired) electrons. The Kier molecular flexibility index (Phi) is 5.89. The lowest BCUT2D eigenvalue weighted by molar-refractivity contribution is 0.303. The van der Waals surface area contributed by atoms with Crippen LogP contribution in [0.4, 0.5) is 0 Å². The molecule has 3 aromatic rings. The third kappa shape index (κ3) is 3.97. The maximum Gasteiger partial charge on any atom is 0.143 e. The highest BCUT2D eigenvalue weighted by molar-refractivity contribution is 5.77. The van der Waals surface area contributed by atoms with Gasteiger partial charge in [0.15, 0.2) is 0 Å². The van der Waals surface area contributed by atoms with Crippen molar-refractivity contribution in [2.75, 3.05) is 6.61 Å². The summed E-state index contributed by atoms with van der Waals surface area (Å²) in [5.74, 6) is 0.925. The summed E-state index contributed by atoms with van der Waals surface area (Å²) in [6, 6.07) is 16.4. The molecule has 126 valence electrons. The summed E-state index contributed by atoms with van der Waals surface area (Å²) in [5, 5.41) is 0. The molecular weight excluding hydrogens is 296 g/mol. The van der Waals surface area contributed by atoms with Gasteiger partial charge in [-0.3, -0.25) is 4.57 Å². The van der Waals surface area contributed by atoms with Crippen molar-refractivity contribution in [1.82, 2.24) is 9.55 Å². The quantitative estimate of drug-likeness (QED) is 0.468. The van der Waals surface area contributed by atoms with Gasteiger partial charge in [0.05, 0.1) is 23.3 Å². The van der Waals surface area contributed by atoms with E-state index in [1.807, 2.05) is 42.7 Å². The lowest BCUT2D eigenvalue weighted by atomic mass is 10.1. The first kappa shape index (κ1) is 16.6. The van der Waals surface area contributed by atoms with Crippen LogP contribution >= 0.6 is 0 Å². The maximum absolute atomic E-state index is 6.07. The van der Waals surface area contributed by atoms with Crippen molar-refractivity contribution < 1.29 is 4.74 Å². The van der Waals surface area contributed by atoms with E-state index in [-0.39, 0.29) is 0 Å². The topological polar surface area (TPSA) is 27.1 Å². The van der Waals surface area contributed by atoms with Crippen LogP contribution in [0.15, 0.2) is 54.9 Å². The number of aromatic nitrogens is 2. The molecule has 0 unspecified atom stereocenters. The Morgan fingerprint density at radius 3 is 2.54 bits per heavy atom. The molecule has 0 spiro atoms. The fourth-order valence-corrected chi connectivity index (χ4v) is 2.99. The van der Waals surface area contributed by atoms with Gasteiger partial charge >= 0.3 is 0 Å². The first-order valence-electron chi connectivity index (χ1n) is 9.04. The molecule has 0 aliphatic carbocycles. The predicted octanol–water partition coefficient (Wildman–Crippen LogP) is 5.76. The van der Waals surface area contributed by atoms with Crippen LogP contribution in [-0.4, -0.2) is 16.2 Å². The summed E-state index contributed by atoms with van der Waals surface area (Å²) in [5.41, 5.74) is 3.16. The number of nitrogens with zero attached hydrogens (tertiary/aromatic N) is 2. The predicted molar refractivity (Wildman–Crippen MR) is 99.9 cm³/mol. The summed E-state index contributed by atoms with van der Waals surface area (Å²) in [7, 11) is 0. The van der Waals surface area contributed by atoms with E-state index < -0.39 is 0 Å². The number of hydrogen-bond donors (Lipinski definition) is 0. The number of fused-ring (bicyclic) bond motifs is 1. The minimum absolute atomic E-state index is 0.774. The monoisotopic (exact) mass is 322 g/mol. The Hall–Kier alpha value is -2.29. The summed E-state index contributed by atoms with van der Waals surface area (Å²) in [6.45, 7) is 3.02. The fourth-order valence-electron chi connectivity index (χ4n) is 2.99. The van der Waals surface area contributed by atoms with E-state index in [1.54, 1.807) is 0 Å². The van der Waals surface area contributed by atoms with Crippen molar-refractivity contribution in [2.45, 2.75) is 45.4 Å². The highest BCUT2D eigenvalue weighted by atomic mass is 16.5. The van der Waals surface area contributed by atoms with Crippen LogP contribution in [0, 0.1) is 0 Å². The molecular formula is C21H26N2O. The summed E-state index contributed by atoms with van der Waals surface area (Å²) >= 11 is 0.